The van der Waals surface area contributed by atoms with Gasteiger partial charge in [0.2, 0.25) is 5.91 Å². The molecule has 0 bridgehead atoms. The Morgan fingerprint density at radius 1 is 1.38 bits per heavy atom. The average Bonchev–Trinajstić information content (AvgIpc) is 2.40. The monoisotopic (exact) mass is 293 g/mol. The lowest BCUT2D eigenvalue weighted by atomic mass is 10.2. The number of hydrogen-bond donors (Lipinski definition) is 2. The van der Waals surface area contributed by atoms with E-state index in [0.29, 0.717) is 18.3 Å². The first kappa shape index (κ1) is 17.2. The Kier molecular flexibility index (Phi) is 6.39. The van der Waals surface area contributed by atoms with Crippen molar-refractivity contribution in [1.82, 2.24) is 15.3 Å². The molecule has 0 aromatic carbocycles. The number of nitrogens with two attached hydrogens (primary N) is 1. The summed E-state index contributed by atoms with van der Waals surface area (Å²) in [6.07, 6.45) is 1.74. The van der Waals surface area contributed by atoms with Crippen LogP contribution in [0.2, 0.25) is 0 Å². The van der Waals surface area contributed by atoms with Gasteiger partial charge in [-0.25, -0.2) is 9.97 Å². The lowest BCUT2D eigenvalue weighted by Crippen LogP contribution is -2.37. The van der Waals surface area contributed by atoms with Crippen LogP contribution in [-0.4, -0.2) is 36.0 Å². The number of carbonyl (C=O) groups excluding carboxylic acids is 1. The second-order valence-corrected chi connectivity index (χ2v) is 5.78. The topological polar surface area (TPSA) is 84.1 Å². The molecule has 0 spiro atoms. The molecule has 0 unspecified atom stereocenters. The first-order chi connectivity index (χ1) is 9.85. The summed E-state index contributed by atoms with van der Waals surface area (Å²) in [6.45, 7) is 9.02. The smallest absolute Gasteiger partial charge is 0.239 e. The fourth-order valence-electron chi connectivity index (χ4n) is 1.94. The quantitative estimate of drug-likeness (QED) is 0.796. The van der Waals surface area contributed by atoms with Gasteiger partial charge >= 0.3 is 0 Å². The predicted molar refractivity (Wildman–Crippen MR) is 86.3 cm³/mol. The molecule has 1 aromatic rings. The SMILES string of the molecule is CCCc1nc(N)c(C)c(N(C)CC(=O)NCC(C)C)n1. The van der Waals surface area contributed by atoms with Crippen molar-refractivity contribution in [3.8, 4) is 0 Å². The molecule has 1 amide bonds. The summed E-state index contributed by atoms with van der Waals surface area (Å²) in [6, 6.07) is 0. The fraction of sp³-hybridized carbons (Fsp3) is 0.667. The van der Waals surface area contributed by atoms with E-state index in [4.69, 9.17) is 5.73 Å². The summed E-state index contributed by atoms with van der Waals surface area (Å²) < 4.78 is 0. The third kappa shape index (κ3) is 5.21. The summed E-state index contributed by atoms with van der Waals surface area (Å²) in [7, 11) is 1.85. The Hall–Kier alpha value is -1.85. The normalized spacial score (nSPS) is 10.8. The highest BCUT2D eigenvalue weighted by atomic mass is 16.2. The average molecular weight is 293 g/mol. The lowest BCUT2D eigenvalue weighted by molar-refractivity contribution is -0.119. The molecule has 118 valence electrons. The molecule has 0 aliphatic rings. The van der Waals surface area contributed by atoms with Crippen LogP contribution in [0.5, 0.6) is 0 Å². The molecular weight excluding hydrogens is 266 g/mol. The Bertz CT molecular complexity index is 487. The molecule has 6 heteroatoms. The molecule has 0 aliphatic heterocycles. The minimum Gasteiger partial charge on any atom is -0.383 e. The Morgan fingerprint density at radius 2 is 2.05 bits per heavy atom. The number of hydrogen-bond acceptors (Lipinski definition) is 5. The molecule has 3 N–H and O–H groups in total. The van der Waals surface area contributed by atoms with E-state index >= 15 is 0 Å². The standard InChI is InChI=1S/C15H27N5O/c1-6-7-12-18-14(16)11(4)15(19-12)20(5)9-13(21)17-8-10(2)3/h10H,6-9H2,1-5H3,(H,17,21)(H2,16,18,19). The van der Waals surface area contributed by atoms with Gasteiger partial charge in [-0.05, 0) is 19.3 Å². The van der Waals surface area contributed by atoms with E-state index in [-0.39, 0.29) is 12.5 Å². The summed E-state index contributed by atoms with van der Waals surface area (Å²) in [4.78, 5) is 22.5. The van der Waals surface area contributed by atoms with Crippen LogP contribution in [0.4, 0.5) is 11.6 Å². The van der Waals surface area contributed by atoms with Gasteiger partial charge in [-0.2, -0.15) is 0 Å². The van der Waals surface area contributed by atoms with Gasteiger partial charge in [-0.15, -0.1) is 0 Å². The first-order valence-corrected chi connectivity index (χ1v) is 7.45. The number of carbonyl (C=O) groups is 1. The van der Waals surface area contributed by atoms with Crippen molar-refractivity contribution < 1.29 is 4.79 Å². The zero-order valence-electron chi connectivity index (χ0n) is 13.7. The maximum Gasteiger partial charge on any atom is 0.239 e. The van der Waals surface area contributed by atoms with Crippen molar-refractivity contribution in [2.45, 2.75) is 40.5 Å². The van der Waals surface area contributed by atoms with Crippen LogP contribution in [0.15, 0.2) is 0 Å². The molecule has 21 heavy (non-hydrogen) atoms. The van der Waals surface area contributed by atoms with Crippen LogP contribution in [0.1, 0.15) is 38.6 Å². The zero-order valence-corrected chi connectivity index (χ0v) is 13.7. The number of anilines is 2. The molecular formula is C15H27N5O. The van der Waals surface area contributed by atoms with Crippen molar-refractivity contribution in [3.05, 3.63) is 11.4 Å². The van der Waals surface area contributed by atoms with Crippen molar-refractivity contribution >= 4 is 17.5 Å². The third-order valence-electron chi connectivity index (χ3n) is 3.13. The second-order valence-electron chi connectivity index (χ2n) is 5.78. The third-order valence-corrected chi connectivity index (χ3v) is 3.13. The largest absolute Gasteiger partial charge is 0.383 e. The Balaban J connectivity index is 2.81. The van der Waals surface area contributed by atoms with Crippen molar-refractivity contribution in [2.24, 2.45) is 5.92 Å². The van der Waals surface area contributed by atoms with Gasteiger partial charge in [-0.3, -0.25) is 4.79 Å². The van der Waals surface area contributed by atoms with Gasteiger partial charge in [-0.1, -0.05) is 20.8 Å². The Labute approximate surface area is 127 Å². The summed E-state index contributed by atoms with van der Waals surface area (Å²) in [5.74, 6) is 2.36. The molecule has 0 radical (unpaired) electrons. The summed E-state index contributed by atoms with van der Waals surface area (Å²) in [5.41, 5.74) is 6.75. The van der Waals surface area contributed by atoms with E-state index < -0.39 is 0 Å². The minimum atomic E-state index is -0.0141. The number of aryl methyl sites for hydroxylation is 1. The fourth-order valence-corrected chi connectivity index (χ4v) is 1.94. The van der Waals surface area contributed by atoms with E-state index in [1.165, 1.54) is 0 Å². The number of rotatable bonds is 7. The maximum absolute atomic E-state index is 11.9. The highest BCUT2D eigenvalue weighted by molar-refractivity contribution is 5.81. The molecule has 1 rings (SSSR count). The van der Waals surface area contributed by atoms with Crippen molar-refractivity contribution in [1.29, 1.82) is 0 Å². The van der Waals surface area contributed by atoms with Gasteiger partial charge in [0, 0.05) is 25.6 Å². The second kappa shape index (κ2) is 7.81. The van der Waals surface area contributed by atoms with Gasteiger partial charge in [0.15, 0.2) is 0 Å². The van der Waals surface area contributed by atoms with Gasteiger partial charge in [0.05, 0.1) is 6.54 Å². The highest BCUT2D eigenvalue weighted by Crippen LogP contribution is 2.20. The van der Waals surface area contributed by atoms with E-state index in [1.54, 1.807) is 0 Å². The number of likely N-dealkylation sites (N-methyl/N-ethyl adjacent to an activating group) is 1. The summed E-state index contributed by atoms with van der Waals surface area (Å²) >= 11 is 0. The minimum absolute atomic E-state index is 0.0141. The van der Waals surface area contributed by atoms with Crippen molar-refractivity contribution in [3.63, 3.8) is 0 Å². The van der Waals surface area contributed by atoms with Gasteiger partial charge in [0.25, 0.3) is 0 Å². The van der Waals surface area contributed by atoms with Crippen LogP contribution >= 0.6 is 0 Å². The van der Waals surface area contributed by atoms with Gasteiger partial charge < -0.3 is 16.0 Å². The molecule has 1 aromatic heterocycles. The van der Waals surface area contributed by atoms with E-state index in [2.05, 4.69) is 36.1 Å². The Morgan fingerprint density at radius 3 is 2.62 bits per heavy atom. The molecule has 1 heterocycles. The number of nitrogens with zero attached hydrogens (tertiary/aromatic N) is 3. The molecule has 0 aliphatic carbocycles. The number of nitrogens with one attached hydrogen (secondary N) is 1. The molecule has 6 nitrogen and oxygen atoms in total. The van der Waals surface area contributed by atoms with E-state index in [0.717, 1.165) is 30.0 Å². The highest BCUT2D eigenvalue weighted by Gasteiger charge is 2.15. The lowest BCUT2D eigenvalue weighted by Gasteiger charge is -2.21. The predicted octanol–water partition coefficient (Wildman–Crippen LogP) is 1.53. The van der Waals surface area contributed by atoms with Crippen LogP contribution in [0.25, 0.3) is 0 Å². The van der Waals surface area contributed by atoms with E-state index in [9.17, 15) is 4.79 Å². The number of amides is 1. The number of aromatic nitrogens is 2. The van der Waals surface area contributed by atoms with Crippen LogP contribution in [-0.2, 0) is 11.2 Å². The van der Waals surface area contributed by atoms with Crippen LogP contribution in [0.3, 0.4) is 0 Å². The zero-order chi connectivity index (χ0) is 16.0. The molecule has 0 saturated heterocycles. The van der Waals surface area contributed by atoms with Crippen LogP contribution < -0.4 is 16.0 Å². The van der Waals surface area contributed by atoms with E-state index in [1.807, 2.05) is 18.9 Å². The molecule has 0 atom stereocenters. The van der Waals surface area contributed by atoms with Crippen molar-refractivity contribution in [2.75, 3.05) is 30.8 Å². The van der Waals surface area contributed by atoms with Crippen LogP contribution in [0, 0.1) is 12.8 Å². The first-order valence-electron chi connectivity index (χ1n) is 7.45. The maximum atomic E-state index is 11.9. The molecule has 0 fully saturated rings. The molecule has 0 saturated carbocycles. The number of nitrogen functional groups attached to an aromatic ring is 1. The summed E-state index contributed by atoms with van der Waals surface area (Å²) in [5, 5.41) is 2.90. The van der Waals surface area contributed by atoms with Gasteiger partial charge in [0.1, 0.15) is 17.5 Å².